The molecule has 11 heavy (non-hydrogen) atoms. The molecule has 0 amide bonds. The molecular weight excluding hydrogens is 140 g/mol. The third-order valence-electron chi connectivity index (χ3n) is 3.27. The number of ketones is 1. The third-order valence-corrected chi connectivity index (χ3v) is 3.27. The number of rotatable bonds is 2. The van der Waals surface area contributed by atoms with E-state index >= 15 is 0 Å². The second kappa shape index (κ2) is 2.31. The minimum atomic E-state index is 0.317. The predicted molar refractivity (Wildman–Crippen MR) is 41.0 cm³/mol. The van der Waals surface area contributed by atoms with Crippen LogP contribution in [0, 0.1) is 23.7 Å². The highest BCUT2D eigenvalue weighted by Gasteiger charge is 2.57. The molecule has 4 atom stereocenters. The molecule has 0 aromatic rings. The van der Waals surface area contributed by atoms with Crippen molar-refractivity contribution in [3.05, 3.63) is 0 Å². The largest absolute Gasteiger partial charge is 0.396 e. The van der Waals surface area contributed by atoms with Crippen LogP contribution in [-0.4, -0.2) is 17.5 Å². The molecule has 2 heteroatoms. The van der Waals surface area contributed by atoms with Crippen LogP contribution in [0.5, 0.6) is 0 Å². The average Bonchev–Trinajstić information content (AvgIpc) is 2.48. The molecular formula is C9H14O2. The summed E-state index contributed by atoms with van der Waals surface area (Å²) in [6.07, 6.45) is 2.18. The Kier molecular flexibility index (Phi) is 1.53. The van der Waals surface area contributed by atoms with Crippen LogP contribution in [0.25, 0.3) is 0 Å². The zero-order valence-electron chi connectivity index (χ0n) is 6.79. The summed E-state index contributed by atoms with van der Waals surface area (Å²) in [6, 6.07) is 0. The molecule has 0 saturated heterocycles. The normalized spacial score (nSPS) is 47.1. The van der Waals surface area contributed by atoms with Gasteiger partial charge in [-0.25, -0.2) is 0 Å². The maximum Gasteiger partial charge on any atom is 0.133 e. The van der Waals surface area contributed by atoms with Crippen molar-refractivity contribution in [2.24, 2.45) is 23.7 Å². The summed E-state index contributed by atoms with van der Waals surface area (Å²) in [5, 5.41) is 8.84. The van der Waals surface area contributed by atoms with Crippen LogP contribution in [0.1, 0.15) is 19.8 Å². The minimum absolute atomic E-state index is 0.317. The van der Waals surface area contributed by atoms with Crippen LogP contribution >= 0.6 is 0 Å². The summed E-state index contributed by atoms with van der Waals surface area (Å²) >= 11 is 0. The zero-order chi connectivity index (χ0) is 8.01. The highest BCUT2D eigenvalue weighted by Crippen LogP contribution is 2.59. The lowest BCUT2D eigenvalue weighted by atomic mass is 9.99. The second-order valence-corrected chi connectivity index (χ2v) is 3.98. The predicted octanol–water partition coefficient (Wildman–Crippen LogP) is 0.840. The van der Waals surface area contributed by atoms with Gasteiger partial charge in [0, 0.05) is 12.5 Å². The lowest BCUT2D eigenvalue weighted by Crippen LogP contribution is -2.08. The maximum atomic E-state index is 11.0. The molecule has 0 bridgehead atoms. The van der Waals surface area contributed by atoms with E-state index in [1.165, 1.54) is 0 Å². The van der Waals surface area contributed by atoms with Crippen molar-refractivity contribution in [1.29, 1.82) is 0 Å². The molecule has 0 aromatic heterocycles. The Bertz CT molecular complexity index is 176. The van der Waals surface area contributed by atoms with E-state index in [-0.39, 0.29) is 0 Å². The molecule has 1 N–H and O–H groups in total. The quantitative estimate of drug-likeness (QED) is 0.640. The first kappa shape index (κ1) is 7.29. The van der Waals surface area contributed by atoms with Crippen molar-refractivity contribution in [3.8, 4) is 0 Å². The fraction of sp³-hybridized carbons (Fsp3) is 0.889. The highest BCUT2D eigenvalue weighted by atomic mass is 16.3. The Balaban J connectivity index is 1.90. The van der Waals surface area contributed by atoms with Gasteiger partial charge in [-0.3, -0.25) is 4.79 Å². The van der Waals surface area contributed by atoms with Gasteiger partial charge in [0.1, 0.15) is 5.78 Å². The molecule has 2 rings (SSSR count). The summed E-state index contributed by atoms with van der Waals surface area (Å²) in [7, 11) is 0. The minimum Gasteiger partial charge on any atom is -0.396 e. The third kappa shape index (κ3) is 1.00. The molecule has 0 radical (unpaired) electrons. The SMILES string of the molecule is CC(=O)[C@H]1C2C[C@@H](CO)C[C@@H]21. The molecule has 0 aromatic carbocycles. The molecule has 2 aliphatic carbocycles. The Morgan fingerprint density at radius 2 is 2.00 bits per heavy atom. The van der Waals surface area contributed by atoms with E-state index in [0.717, 1.165) is 12.8 Å². The van der Waals surface area contributed by atoms with E-state index in [9.17, 15) is 4.79 Å². The molecule has 0 aliphatic heterocycles. The fourth-order valence-corrected chi connectivity index (χ4v) is 2.71. The van der Waals surface area contributed by atoms with Gasteiger partial charge in [-0.1, -0.05) is 0 Å². The number of hydrogen-bond donors (Lipinski definition) is 1. The molecule has 62 valence electrons. The van der Waals surface area contributed by atoms with Gasteiger partial charge in [0.2, 0.25) is 0 Å². The summed E-state index contributed by atoms with van der Waals surface area (Å²) < 4.78 is 0. The zero-order valence-corrected chi connectivity index (χ0v) is 6.79. The number of fused-ring (bicyclic) bond motifs is 1. The summed E-state index contributed by atoms with van der Waals surface area (Å²) in [5.74, 6) is 2.52. The Morgan fingerprint density at radius 1 is 1.45 bits per heavy atom. The first-order valence-corrected chi connectivity index (χ1v) is 4.35. The lowest BCUT2D eigenvalue weighted by molar-refractivity contribution is -0.119. The van der Waals surface area contributed by atoms with Crippen molar-refractivity contribution in [2.45, 2.75) is 19.8 Å². The monoisotopic (exact) mass is 154 g/mol. The Labute approximate surface area is 66.6 Å². The molecule has 2 aliphatic rings. The molecule has 0 spiro atoms. The van der Waals surface area contributed by atoms with Crippen molar-refractivity contribution in [3.63, 3.8) is 0 Å². The number of aliphatic hydroxyl groups is 1. The van der Waals surface area contributed by atoms with Crippen LogP contribution in [0.2, 0.25) is 0 Å². The fourth-order valence-electron chi connectivity index (χ4n) is 2.71. The van der Waals surface area contributed by atoms with Crippen LogP contribution < -0.4 is 0 Å². The molecule has 2 nitrogen and oxygen atoms in total. The van der Waals surface area contributed by atoms with Crippen LogP contribution in [0.4, 0.5) is 0 Å². The molecule has 0 heterocycles. The van der Waals surface area contributed by atoms with Gasteiger partial charge in [0.05, 0.1) is 0 Å². The van der Waals surface area contributed by atoms with E-state index in [4.69, 9.17) is 5.11 Å². The van der Waals surface area contributed by atoms with Gasteiger partial charge in [0.15, 0.2) is 0 Å². The molecule has 2 fully saturated rings. The number of hydrogen-bond acceptors (Lipinski definition) is 2. The highest BCUT2D eigenvalue weighted by molar-refractivity contribution is 5.82. The van der Waals surface area contributed by atoms with Gasteiger partial charge in [0.25, 0.3) is 0 Å². The van der Waals surface area contributed by atoms with Crippen LogP contribution in [-0.2, 0) is 4.79 Å². The summed E-state index contributed by atoms with van der Waals surface area (Å²) in [5.41, 5.74) is 0. The summed E-state index contributed by atoms with van der Waals surface area (Å²) in [6.45, 7) is 2.01. The van der Waals surface area contributed by atoms with Crippen LogP contribution in [0.15, 0.2) is 0 Å². The standard InChI is InChI=1S/C9H14O2/c1-5(11)9-7-2-6(4-10)3-8(7)9/h6-10H,2-4H2,1H3/t6-,7-,8?,9+/m0/s1. The van der Waals surface area contributed by atoms with E-state index in [2.05, 4.69) is 0 Å². The average molecular weight is 154 g/mol. The second-order valence-electron chi connectivity index (χ2n) is 3.98. The molecule has 1 unspecified atom stereocenters. The number of carbonyl (C=O) groups is 1. The van der Waals surface area contributed by atoms with Crippen molar-refractivity contribution >= 4 is 5.78 Å². The van der Waals surface area contributed by atoms with E-state index in [1.54, 1.807) is 6.92 Å². The van der Waals surface area contributed by atoms with Gasteiger partial charge < -0.3 is 5.11 Å². The maximum absolute atomic E-state index is 11.0. The van der Waals surface area contributed by atoms with E-state index in [0.29, 0.717) is 36.1 Å². The van der Waals surface area contributed by atoms with Gasteiger partial charge in [-0.05, 0) is 37.5 Å². The van der Waals surface area contributed by atoms with Crippen LogP contribution in [0.3, 0.4) is 0 Å². The Hall–Kier alpha value is -0.370. The van der Waals surface area contributed by atoms with E-state index < -0.39 is 0 Å². The van der Waals surface area contributed by atoms with E-state index in [1.807, 2.05) is 0 Å². The summed E-state index contributed by atoms with van der Waals surface area (Å²) in [4.78, 5) is 11.0. The number of aliphatic hydroxyl groups excluding tert-OH is 1. The lowest BCUT2D eigenvalue weighted by Gasteiger charge is -2.08. The molecule has 2 saturated carbocycles. The number of Topliss-reactive ketones (excluding diaryl/α,β-unsaturated/α-hetero) is 1. The first-order valence-electron chi connectivity index (χ1n) is 4.35. The first-order chi connectivity index (χ1) is 5.24. The van der Waals surface area contributed by atoms with Crippen molar-refractivity contribution in [1.82, 2.24) is 0 Å². The van der Waals surface area contributed by atoms with Gasteiger partial charge in [-0.15, -0.1) is 0 Å². The smallest absolute Gasteiger partial charge is 0.133 e. The van der Waals surface area contributed by atoms with Gasteiger partial charge >= 0.3 is 0 Å². The topological polar surface area (TPSA) is 37.3 Å². The van der Waals surface area contributed by atoms with Crippen molar-refractivity contribution in [2.75, 3.05) is 6.61 Å². The number of carbonyl (C=O) groups excluding carboxylic acids is 1. The van der Waals surface area contributed by atoms with Crippen molar-refractivity contribution < 1.29 is 9.90 Å². The Morgan fingerprint density at radius 3 is 2.36 bits per heavy atom. The van der Waals surface area contributed by atoms with Gasteiger partial charge in [-0.2, -0.15) is 0 Å².